The average Bonchev–Trinajstić information content (AvgIpc) is 3.64. The number of nitrogens with zero attached hydrogens (tertiary/aromatic N) is 3. The fourth-order valence-electron chi connectivity index (χ4n) is 8.66. The summed E-state index contributed by atoms with van der Waals surface area (Å²) in [7, 11) is 2.20. The molecule has 1 aliphatic carbocycles. The summed E-state index contributed by atoms with van der Waals surface area (Å²) in [6.07, 6.45) is 14.3. The van der Waals surface area contributed by atoms with Gasteiger partial charge in [-0.2, -0.15) is 0 Å². The van der Waals surface area contributed by atoms with E-state index in [2.05, 4.69) is 233 Å². The molecule has 0 N–H and O–H groups in total. The lowest BCUT2D eigenvalue weighted by molar-refractivity contribution is 0.811. The first-order chi connectivity index (χ1) is 27.7. The Morgan fingerprint density at radius 1 is 0.536 bits per heavy atom. The standard InChI is InChI=1S/C53H41N3/c1-54(41-25-11-5-12-26-41)51(39-22-9-4-10-23-39)37-48(38-20-7-2-3-8-21-38)40-24-19-29-43(36-40)56-50-33-18-16-31-45(50)47-35-34-46-44-30-15-17-32-49(44)55(52(46)53(47)56)42-27-13-6-14-28-42/h2-20,22-37,51H,21H2,1H3. The first-order valence-electron chi connectivity index (χ1n) is 19.4. The van der Waals surface area contributed by atoms with Crippen molar-refractivity contribution in [3.05, 3.63) is 229 Å². The normalized spacial score (nSPS) is 13.7. The summed E-state index contributed by atoms with van der Waals surface area (Å²) in [5.74, 6) is 0. The third-order valence-corrected chi connectivity index (χ3v) is 11.3. The Hall–Kier alpha value is -7.10. The van der Waals surface area contributed by atoms with Gasteiger partial charge in [0.05, 0.1) is 28.1 Å². The van der Waals surface area contributed by atoms with Gasteiger partial charge in [0, 0.05) is 45.7 Å². The van der Waals surface area contributed by atoms with E-state index >= 15 is 0 Å². The first kappa shape index (κ1) is 33.5. The summed E-state index contributed by atoms with van der Waals surface area (Å²) in [6.45, 7) is 0. The highest BCUT2D eigenvalue weighted by Gasteiger charge is 2.23. The van der Waals surface area contributed by atoms with Gasteiger partial charge in [-0.25, -0.2) is 0 Å². The Bertz CT molecular complexity index is 2990. The maximum absolute atomic E-state index is 2.50. The number of benzene rings is 7. The average molecular weight is 720 g/mol. The molecule has 2 aromatic heterocycles. The molecule has 0 amide bonds. The van der Waals surface area contributed by atoms with E-state index < -0.39 is 0 Å². The van der Waals surface area contributed by atoms with Crippen LogP contribution < -0.4 is 4.90 Å². The molecule has 9 aromatic rings. The van der Waals surface area contributed by atoms with Crippen LogP contribution in [0.1, 0.15) is 23.6 Å². The number of aromatic nitrogens is 2. The summed E-state index contributed by atoms with van der Waals surface area (Å²) in [5, 5.41) is 4.98. The van der Waals surface area contributed by atoms with E-state index in [1.807, 2.05) is 0 Å². The molecule has 1 atom stereocenters. The molecule has 10 rings (SSSR count). The number of hydrogen-bond acceptors (Lipinski definition) is 1. The monoisotopic (exact) mass is 719 g/mol. The first-order valence-corrected chi connectivity index (χ1v) is 19.4. The van der Waals surface area contributed by atoms with Gasteiger partial charge in [-0.05, 0) is 83.3 Å². The van der Waals surface area contributed by atoms with Crippen molar-refractivity contribution in [1.29, 1.82) is 0 Å². The van der Waals surface area contributed by atoms with Gasteiger partial charge in [-0.1, -0.05) is 158 Å². The minimum absolute atomic E-state index is 0.0104. The largest absolute Gasteiger partial charge is 0.364 e. The van der Waals surface area contributed by atoms with E-state index in [0.29, 0.717) is 0 Å². The van der Waals surface area contributed by atoms with Crippen LogP contribution in [0, 0.1) is 0 Å². The van der Waals surface area contributed by atoms with Crippen molar-refractivity contribution in [2.45, 2.75) is 12.5 Å². The van der Waals surface area contributed by atoms with Crippen LogP contribution in [0.15, 0.2) is 218 Å². The number of fused-ring (bicyclic) bond motifs is 7. The lowest BCUT2D eigenvalue weighted by Crippen LogP contribution is -2.23. The predicted octanol–water partition coefficient (Wildman–Crippen LogP) is 13.6. The Kier molecular flexibility index (Phi) is 8.53. The van der Waals surface area contributed by atoms with Gasteiger partial charge < -0.3 is 14.0 Å². The Morgan fingerprint density at radius 3 is 1.79 bits per heavy atom. The summed E-state index contributed by atoms with van der Waals surface area (Å²) in [4.78, 5) is 2.38. The number of allylic oxidation sites excluding steroid dienone is 7. The fourth-order valence-corrected chi connectivity index (χ4v) is 8.66. The van der Waals surface area contributed by atoms with E-state index in [0.717, 1.165) is 17.8 Å². The molecule has 1 unspecified atom stereocenters. The third kappa shape index (κ3) is 5.77. The molecule has 268 valence electrons. The zero-order chi connectivity index (χ0) is 37.4. The Morgan fingerprint density at radius 2 is 1.11 bits per heavy atom. The lowest BCUT2D eigenvalue weighted by atomic mass is 9.91. The van der Waals surface area contributed by atoms with Gasteiger partial charge in [0.25, 0.3) is 0 Å². The van der Waals surface area contributed by atoms with Crippen LogP contribution in [0.5, 0.6) is 0 Å². The Balaban J connectivity index is 1.25. The van der Waals surface area contributed by atoms with Gasteiger partial charge >= 0.3 is 0 Å². The molecule has 0 fully saturated rings. The number of rotatable bonds is 8. The second-order valence-corrected chi connectivity index (χ2v) is 14.5. The van der Waals surface area contributed by atoms with Crippen LogP contribution >= 0.6 is 0 Å². The number of para-hydroxylation sites is 4. The van der Waals surface area contributed by atoms with Crippen molar-refractivity contribution in [3.63, 3.8) is 0 Å². The van der Waals surface area contributed by atoms with Crippen LogP contribution in [0.2, 0.25) is 0 Å². The van der Waals surface area contributed by atoms with Crippen LogP contribution in [0.25, 0.3) is 60.6 Å². The summed E-state index contributed by atoms with van der Waals surface area (Å²) in [5.41, 5.74) is 13.2. The molecule has 0 saturated carbocycles. The van der Waals surface area contributed by atoms with Crippen molar-refractivity contribution in [2.75, 3.05) is 11.9 Å². The maximum Gasteiger partial charge on any atom is 0.0788 e. The highest BCUT2D eigenvalue weighted by molar-refractivity contribution is 6.23. The minimum atomic E-state index is -0.0104. The molecule has 56 heavy (non-hydrogen) atoms. The van der Waals surface area contributed by atoms with Gasteiger partial charge in [0.15, 0.2) is 0 Å². The number of likely N-dealkylation sites (N-methyl/N-ethyl adjacent to an activating group) is 1. The van der Waals surface area contributed by atoms with E-state index in [1.54, 1.807) is 0 Å². The maximum atomic E-state index is 2.50. The van der Waals surface area contributed by atoms with Gasteiger partial charge in [-0.3, -0.25) is 0 Å². The minimum Gasteiger partial charge on any atom is -0.364 e. The summed E-state index contributed by atoms with van der Waals surface area (Å²) >= 11 is 0. The SMILES string of the molecule is CN(c1ccccc1)C(C=C(C1=CC=CC=CC1)c1cccc(-n2c3ccccc3c3ccc4c5ccccc5n(-c5ccccc5)c4c32)c1)c1ccccc1. The van der Waals surface area contributed by atoms with E-state index in [-0.39, 0.29) is 6.04 Å². The lowest BCUT2D eigenvalue weighted by Gasteiger charge is -2.30. The summed E-state index contributed by atoms with van der Waals surface area (Å²) < 4.78 is 4.95. The second kappa shape index (κ2) is 14.3. The highest BCUT2D eigenvalue weighted by Crippen LogP contribution is 2.42. The third-order valence-electron chi connectivity index (χ3n) is 11.3. The second-order valence-electron chi connectivity index (χ2n) is 14.5. The molecule has 7 aromatic carbocycles. The molecule has 3 heteroatoms. The highest BCUT2D eigenvalue weighted by atomic mass is 15.1. The van der Waals surface area contributed by atoms with E-state index in [9.17, 15) is 0 Å². The van der Waals surface area contributed by atoms with Crippen LogP contribution in [-0.2, 0) is 0 Å². The molecule has 1 aliphatic rings. The predicted molar refractivity (Wildman–Crippen MR) is 238 cm³/mol. The molecular formula is C53H41N3. The van der Waals surface area contributed by atoms with Crippen molar-refractivity contribution < 1.29 is 0 Å². The molecule has 3 nitrogen and oxygen atoms in total. The molecule has 0 saturated heterocycles. The van der Waals surface area contributed by atoms with E-state index in [1.165, 1.54) is 71.6 Å². The number of anilines is 1. The van der Waals surface area contributed by atoms with Crippen LogP contribution in [0.3, 0.4) is 0 Å². The molecule has 2 heterocycles. The smallest absolute Gasteiger partial charge is 0.0788 e. The molecular weight excluding hydrogens is 679 g/mol. The van der Waals surface area contributed by atoms with Crippen molar-refractivity contribution in [1.82, 2.24) is 9.13 Å². The molecule has 0 radical (unpaired) electrons. The van der Waals surface area contributed by atoms with Crippen molar-refractivity contribution >= 4 is 54.9 Å². The van der Waals surface area contributed by atoms with Crippen molar-refractivity contribution in [3.8, 4) is 11.4 Å². The number of hydrogen-bond donors (Lipinski definition) is 0. The quantitative estimate of drug-likeness (QED) is 0.152. The van der Waals surface area contributed by atoms with Crippen LogP contribution in [-0.4, -0.2) is 16.2 Å². The van der Waals surface area contributed by atoms with Gasteiger partial charge in [-0.15, -0.1) is 0 Å². The Labute approximate surface area is 327 Å². The van der Waals surface area contributed by atoms with Crippen molar-refractivity contribution in [2.24, 2.45) is 0 Å². The zero-order valence-electron chi connectivity index (χ0n) is 31.3. The molecule has 0 bridgehead atoms. The zero-order valence-corrected chi connectivity index (χ0v) is 31.3. The van der Waals surface area contributed by atoms with Gasteiger partial charge in [0.1, 0.15) is 0 Å². The fraction of sp³-hybridized carbons (Fsp3) is 0.0566. The summed E-state index contributed by atoms with van der Waals surface area (Å²) in [6, 6.07) is 63.8. The topological polar surface area (TPSA) is 13.1 Å². The van der Waals surface area contributed by atoms with Gasteiger partial charge in [0.2, 0.25) is 0 Å². The molecule has 0 aliphatic heterocycles. The van der Waals surface area contributed by atoms with E-state index in [4.69, 9.17) is 0 Å². The van der Waals surface area contributed by atoms with Crippen LogP contribution in [0.4, 0.5) is 5.69 Å². The molecule has 0 spiro atoms.